The van der Waals surface area contributed by atoms with Crippen molar-refractivity contribution < 1.29 is 0 Å². The summed E-state index contributed by atoms with van der Waals surface area (Å²) in [6.07, 6.45) is 4.02. The van der Waals surface area contributed by atoms with E-state index >= 15 is 0 Å². The molecule has 0 fully saturated rings. The molecule has 5 nitrogen and oxygen atoms in total. The molecule has 0 aliphatic heterocycles. The van der Waals surface area contributed by atoms with Crippen LogP contribution in [-0.4, -0.2) is 29.4 Å². The number of aliphatic imine (C=N–C) groups is 1. The van der Waals surface area contributed by atoms with Crippen LogP contribution in [0.5, 0.6) is 0 Å². The van der Waals surface area contributed by atoms with Crippen molar-refractivity contribution >= 4 is 46.2 Å². The van der Waals surface area contributed by atoms with E-state index < -0.39 is 0 Å². The van der Waals surface area contributed by atoms with Crippen LogP contribution in [0, 0.1) is 0 Å². The first kappa shape index (κ1) is 13.2. The quantitative estimate of drug-likeness (QED) is 0.487. The van der Waals surface area contributed by atoms with Gasteiger partial charge in [-0.2, -0.15) is 0 Å². The van der Waals surface area contributed by atoms with E-state index in [1.165, 1.54) is 0 Å². The lowest BCUT2D eigenvalue weighted by Gasteiger charge is -2.05. The first-order valence-electron chi connectivity index (χ1n) is 4.63. The molecule has 0 bridgehead atoms. The molecule has 0 amide bonds. The van der Waals surface area contributed by atoms with Gasteiger partial charge in [-0.05, 0) is 0 Å². The Labute approximate surface area is 115 Å². The van der Waals surface area contributed by atoms with Crippen LogP contribution in [0.15, 0.2) is 22.8 Å². The Hall–Kier alpha value is -0.830. The number of rotatable bonds is 2. The molecular weight excluding hydrogens is 337 g/mol. The number of nitrogens with one attached hydrogen (secondary N) is 2. The number of hydrogen-bond acceptors (Lipinski definition) is 3. The highest BCUT2D eigenvalue weighted by molar-refractivity contribution is 14.0. The fraction of sp³-hybridized carbons (Fsp3) is 0.333. The fourth-order valence-corrected chi connectivity index (χ4v) is 2.03. The lowest BCUT2D eigenvalue weighted by molar-refractivity contribution is 0.845. The lowest BCUT2D eigenvalue weighted by atomic mass is 10.5. The van der Waals surface area contributed by atoms with Gasteiger partial charge in [0, 0.05) is 31.9 Å². The third-order valence-corrected chi connectivity index (χ3v) is 2.81. The molecule has 0 radical (unpaired) electrons. The van der Waals surface area contributed by atoms with Crippen molar-refractivity contribution in [1.29, 1.82) is 0 Å². The van der Waals surface area contributed by atoms with Crippen molar-refractivity contribution in [3.63, 3.8) is 0 Å². The molecule has 2 heterocycles. The van der Waals surface area contributed by atoms with Crippen LogP contribution in [0.4, 0.5) is 0 Å². The van der Waals surface area contributed by atoms with Crippen LogP contribution in [0.25, 0.3) is 4.96 Å². The number of aromatic nitrogens is 2. The van der Waals surface area contributed by atoms with E-state index in [9.17, 15) is 0 Å². The van der Waals surface area contributed by atoms with E-state index in [0.29, 0.717) is 6.54 Å². The largest absolute Gasteiger partial charge is 0.359 e. The molecule has 0 aliphatic rings. The molecule has 0 unspecified atom stereocenters. The summed E-state index contributed by atoms with van der Waals surface area (Å²) in [4.78, 5) is 9.49. The Morgan fingerprint density at radius 3 is 3.06 bits per heavy atom. The van der Waals surface area contributed by atoms with Gasteiger partial charge >= 0.3 is 0 Å². The predicted molar refractivity (Wildman–Crippen MR) is 77.7 cm³/mol. The number of hydrogen-bond donors (Lipinski definition) is 2. The van der Waals surface area contributed by atoms with Gasteiger partial charge in [0.1, 0.15) is 0 Å². The summed E-state index contributed by atoms with van der Waals surface area (Å²) in [5.41, 5.74) is 1.01. The highest BCUT2D eigenvalue weighted by atomic mass is 127. The van der Waals surface area contributed by atoms with E-state index in [-0.39, 0.29) is 24.0 Å². The topological polar surface area (TPSA) is 53.7 Å². The molecule has 0 spiro atoms. The third-order valence-electron chi connectivity index (χ3n) is 2.04. The molecule has 2 N–H and O–H groups in total. The van der Waals surface area contributed by atoms with Gasteiger partial charge in [-0.3, -0.25) is 9.39 Å². The number of halogens is 1. The zero-order valence-corrected chi connectivity index (χ0v) is 12.2. The van der Waals surface area contributed by atoms with E-state index in [0.717, 1.165) is 16.6 Å². The molecule has 0 saturated heterocycles. The molecule has 7 heteroatoms. The summed E-state index contributed by atoms with van der Waals surface area (Å²) in [5, 5.41) is 8.13. The van der Waals surface area contributed by atoms with Crippen LogP contribution in [-0.2, 0) is 6.54 Å². The van der Waals surface area contributed by atoms with Crippen molar-refractivity contribution in [2.24, 2.45) is 4.99 Å². The summed E-state index contributed by atoms with van der Waals surface area (Å²) >= 11 is 1.63. The van der Waals surface area contributed by atoms with E-state index in [4.69, 9.17) is 0 Å². The average Bonchev–Trinajstić information content (AvgIpc) is 2.79. The van der Waals surface area contributed by atoms with Crippen molar-refractivity contribution in [3.05, 3.63) is 23.5 Å². The minimum atomic E-state index is 0. The Morgan fingerprint density at radius 1 is 1.62 bits per heavy atom. The maximum Gasteiger partial charge on any atom is 0.193 e. The molecule has 0 aromatic carbocycles. The normalized spacial score (nSPS) is 11.2. The monoisotopic (exact) mass is 351 g/mol. The SMILES string of the molecule is CN=C(NC)NCc1cn2ccsc2n1.I. The summed E-state index contributed by atoms with van der Waals surface area (Å²) < 4.78 is 2.02. The molecule has 88 valence electrons. The van der Waals surface area contributed by atoms with Crippen molar-refractivity contribution in [2.45, 2.75) is 6.54 Å². The Bertz CT molecular complexity index is 446. The zero-order chi connectivity index (χ0) is 10.7. The smallest absolute Gasteiger partial charge is 0.193 e. The number of thiazole rings is 1. The highest BCUT2D eigenvalue weighted by Crippen LogP contribution is 2.10. The molecule has 16 heavy (non-hydrogen) atoms. The number of guanidine groups is 1. The first-order valence-corrected chi connectivity index (χ1v) is 5.51. The van der Waals surface area contributed by atoms with Gasteiger partial charge < -0.3 is 10.6 Å². The van der Waals surface area contributed by atoms with Gasteiger partial charge in [0.05, 0.1) is 12.2 Å². The minimum absolute atomic E-state index is 0. The molecular formula is C9H14IN5S. The standard InChI is InChI=1S/C9H13N5S.HI/c1-10-8(11-2)12-5-7-6-14-3-4-15-9(14)13-7;/h3-4,6H,5H2,1-2H3,(H2,10,11,12);1H. The zero-order valence-electron chi connectivity index (χ0n) is 9.10. The van der Waals surface area contributed by atoms with E-state index in [1.807, 2.05) is 29.2 Å². The second kappa shape index (κ2) is 6.04. The van der Waals surface area contributed by atoms with E-state index in [2.05, 4.69) is 20.6 Å². The molecule has 0 aliphatic carbocycles. The summed E-state index contributed by atoms with van der Waals surface area (Å²) in [6.45, 7) is 0.682. The van der Waals surface area contributed by atoms with Gasteiger partial charge in [0.15, 0.2) is 10.9 Å². The van der Waals surface area contributed by atoms with Gasteiger partial charge in [-0.25, -0.2) is 4.98 Å². The number of fused-ring (bicyclic) bond motifs is 1. The van der Waals surface area contributed by atoms with Crippen molar-refractivity contribution in [3.8, 4) is 0 Å². The molecule has 2 aromatic rings. The van der Waals surface area contributed by atoms with Crippen LogP contribution < -0.4 is 10.6 Å². The predicted octanol–water partition coefficient (Wildman–Crippen LogP) is 1.31. The Kier molecular flexibility index (Phi) is 5.00. The Balaban J connectivity index is 0.00000128. The van der Waals surface area contributed by atoms with Gasteiger partial charge in [-0.1, -0.05) is 0 Å². The van der Waals surface area contributed by atoms with Gasteiger partial charge in [0.25, 0.3) is 0 Å². The Morgan fingerprint density at radius 2 is 2.44 bits per heavy atom. The van der Waals surface area contributed by atoms with Gasteiger partial charge in [0.2, 0.25) is 0 Å². The van der Waals surface area contributed by atoms with Gasteiger partial charge in [-0.15, -0.1) is 35.3 Å². The third kappa shape index (κ3) is 2.85. The first-order chi connectivity index (χ1) is 7.33. The highest BCUT2D eigenvalue weighted by Gasteiger charge is 2.02. The molecule has 0 atom stereocenters. The van der Waals surface area contributed by atoms with Crippen LogP contribution in [0.2, 0.25) is 0 Å². The van der Waals surface area contributed by atoms with Crippen molar-refractivity contribution in [1.82, 2.24) is 20.0 Å². The maximum atomic E-state index is 4.45. The summed E-state index contributed by atoms with van der Waals surface area (Å²) in [7, 11) is 3.58. The van der Waals surface area contributed by atoms with E-state index in [1.54, 1.807) is 18.4 Å². The average molecular weight is 351 g/mol. The molecule has 0 saturated carbocycles. The number of nitrogens with zero attached hydrogens (tertiary/aromatic N) is 3. The lowest BCUT2D eigenvalue weighted by Crippen LogP contribution is -2.34. The van der Waals surface area contributed by atoms with Crippen molar-refractivity contribution in [2.75, 3.05) is 14.1 Å². The van der Waals surface area contributed by atoms with Crippen LogP contribution >= 0.6 is 35.3 Å². The second-order valence-corrected chi connectivity index (χ2v) is 3.87. The number of imidazole rings is 1. The maximum absolute atomic E-state index is 4.45. The summed E-state index contributed by atoms with van der Waals surface area (Å²) in [5.74, 6) is 0.770. The fourth-order valence-electron chi connectivity index (χ4n) is 1.31. The second-order valence-electron chi connectivity index (χ2n) is 3.00. The van der Waals surface area contributed by atoms with Crippen LogP contribution in [0.1, 0.15) is 5.69 Å². The summed E-state index contributed by atoms with van der Waals surface area (Å²) in [6, 6.07) is 0. The minimum Gasteiger partial charge on any atom is -0.359 e. The molecule has 2 aromatic heterocycles. The van der Waals surface area contributed by atoms with Crippen LogP contribution in [0.3, 0.4) is 0 Å². The molecule has 2 rings (SSSR count).